The molecule has 8 nitrogen and oxygen atoms in total. The summed E-state index contributed by atoms with van der Waals surface area (Å²) >= 11 is 0. The van der Waals surface area contributed by atoms with Crippen LogP contribution in [0.4, 0.5) is 5.82 Å². The first-order chi connectivity index (χ1) is 16.1. The Balaban J connectivity index is 1.69. The van der Waals surface area contributed by atoms with E-state index in [1.54, 1.807) is 39.6 Å². The Bertz CT molecular complexity index is 1250. The predicted molar refractivity (Wildman–Crippen MR) is 127 cm³/mol. The second-order valence-corrected chi connectivity index (χ2v) is 7.26. The number of carbonyl (C=O) groups is 1. The molecule has 0 saturated heterocycles. The van der Waals surface area contributed by atoms with Gasteiger partial charge in [0.05, 0.1) is 31.9 Å². The zero-order valence-electron chi connectivity index (χ0n) is 18.9. The molecule has 2 aromatic carbocycles. The van der Waals surface area contributed by atoms with Gasteiger partial charge in [0.25, 0.3) is 0 Å². The van der Waals surface area contributed by atoms with Gasteiger partial charge in [-0.2, -0.15) is 0 Å². The lowest BCUT2D eigenvalue weighted by Gasteiger charge is -2.13. The number of pyridine rings is 1. The maximum Gasteiger partial charge on any atom is 0.341 e. The van der Waals surface area contributed by atoms with Crippen molar-refractivity contribution in [1.29, 1.82) is 0 Å². The van der Waals surface area contributed by atoms with Gasteiger partial charge in [-0.3, -0.25) is 4.57 Å². The molecular weight excluding hydrogens is 420 g/mol. The Morgan fingerprint density at radius 2 is 1.79 bits per heavy atom. The van der Waals surface area contributed by atoms with E-state index in [-0.39, 0.29) is 6.61 Å². The number of rotatable bonds is 9. The molecule has 0 saturated carbocycles. The number of imidazole rings is 1. The van der Waals surface area contributed by atoms with Crippen molar-refractivity contribution in [2.45, 2.75) is 13.3 Å². The fourth-order valence-corrected chi connectivity index (χ4v) is 3.58. The number of nitrogens with zero attached hydrogens (tertiary/aromatic N) is 3. The van der Waals surface area contributed by atoms with Crippen LogP contribution in [0.5, 0.6) is 11.5 Å². The first-order valence-corrected chi connectivity index (χ1v) is 10.7. The average molecular weight is 447 g/mol. The second-order valence-electron chi connectivity index (χ2n) is 7.26. The van der Waals surface area contributed by atoms with Crippen LogP contribution in [0.3, 0.4) is 0 Å². The van der Waals surface area contributed by atoms with Crippen molar-refractivity contribution in [1.82, 2.24) is 14.5 Å². The number of benzene rings is 2. The molecule has 0 spiro atoms. The van der Waals surface area contributed by atoms with Crippen molar-refractivity contribution in [3.05, 3.63) is 72.1 Å². The first kappa shape index (κ1) is 22.1. The standard InChI is InChI=1S/C25H26N4O4/c1-4-33-25(30)18-10-11-23(28-24(18)26-13-12-17-8-6-5-7-9-17)29-16-27-19-14-21(31-2)22(32-3)15-20(19)29/h5-11,14-16H,4,12-13H2,1-3H3,(H,26,28). The monoisotopic (exact) mass is 446 g/mol. The zero-order valence-corrected chi connectivity index (χ0v) is 18.9. The summed E-state index contributed by atoms with van der Waals surface area (Å²) in [5.74, 6) is 1.85. The number of carbonyl (C=O) groups excluding carboxylic acids is 1. The van der Waals surface area contributed by atoms with Crippen molar-refractivity contribution < 1.29 is 19.0 Å². The zero-order chi connectivity index (χ0) is 23.2. The van der Waals surface area contributed by atoms with Crippen LogP contribution in [0.15, 0.2) is 60.9 Å². The first-order valence-electron chi connectivity index (χ1n) is 10.7. The molecular formula is C25H26N4O4. The number of fused-ring (bicyclic) bond motifs is 1. The Hall–Kier alpha value is -4.07. The SMILES string of the molecule is CCOC(=O)c1ccc(-n2cnc3cc(OC)c(OC)cc32)nc1NCCc1ccccc1. The predicted octanol–water partition coefficient (Wildman–Crippen LogP) is 4.27. The van der Waals surface area contributed by atoms with Crippen molar-refractivity contribution in [2.24, 2.45) is 0 Å². The van der Waals surface area contributed by atoms with Crippen LogP contribution < -0.4 is 14.8 Å². The van der Waals surface area contributed by atoms with Crippen LogP contribution in [0.2, 0.25) is 0 Å². The highest BCUT2D eigenvalue weighted by Crippen LogP contribution is 2.32. The maximum absolute atomic E-state index is 12.5. The highest BCUT2D eigenvalue weighted by molar-refractivity contribution is 5.95. The number of hydrogen-bond donors (Lipinski definition) is 1. The molecule has 0 bridgehead atoms. The second kappa shape index (κ2) is 10.0. The van der Waals surface area contributed by atoms with E-state index in [1.165, 1.54) is 5.56 Å². The molecule has 33 heavy (non-hydrogen) atoms. The normalized spacial score (nSPS) is 10.8. The molecule has 2 aromatic heterocycles. The highest BCUT2D eigenvalue weighted by atomic mass is 16.5. The quantitative estimate of drug-likeness (QED) is 0.384. The Morgan fingerprint density at radius 1 is 1.03 bits per heavy atom. The van der Waals surface area contributed by atoms with E-state index in [0.29, 0.717) is 35.2 Å². The van der Waals surface area contributed by atoms with Crippen LogP contribution in [-0.2, 0) is 11.2 Å². The van der Waals surface area contributed by atoms with Gasteiger partial charge in [0, 0.05) is 18.7 Å². The van der Waals surface area contributed by atoms with Crippen LogP contribution >= 0.6 is 0 Å². The molecule has 4 aromatic rings. The number of nitrogens with one attached hydrogen (secondary N) is 1. The number of hydrogen-bond acceptors (Lipinski definition) is 7. The number of aromatic nitrogens is 3. The Labute approximate surface area is 192 Å². The van der Waals surface area contributed by atoms with E-state index in [9.17, 15) is 4.79 Å². The molecule has 170 valence electrons. The van der Waals surface area contributed by atoms with Gasteiger partial charge in [0.1, 0.15) is 23.5 Å². The number of anilines is 1. The largest absolute Gasteiger partial charge is 0.493 e. The van der Waals surface area contributed by atoms with Crippen molar-refractivity contribution in [2.75, 3.05) is 32.7 Å². The van der Waals surface area contributed by atoms with Crippen molar-refractivity contribution >= 4 is 22.8 Å². The van der Waals surface area contributed by atoms with Crippen LogP contribution in [0.1, 0.15) is 22.8 Å². The molecule has 0 aliphatic carbocycles. The Morgan fingerprint density at radius 3 is 2.52 bits per heavy atom. The summed E-state index contributed by atoms with van der Waals surface area (Å²) in [7, 11) is 3.18. The van der Waals surface area contributed by atoms with E-state index < -0.39 is 5.97 Å². The van der Waals surface area contributed by atoms with E-state index in [0.717, 1.165) is 17.5 Å². The van der Waals surface area contributed by atoms with E-state index in [1.807, 2.05) is 34.9 Å². The molecule has 0 amide bonds. The summed E-state index contributed by atoms with van der Waals surface area (Å²) in [6.45, 7) is 2.68. The number of methoxy groups -OCH3 is 2. The molecule has 2 heterocycles. The molecule has 8 heteroatoms. The number of ether oxygens (including phenoxy) is 3. The van der Waals surface area contributed by atoms with E-state index >= 15 is 0 Å². The minimum Gasteiger partial charge on any atom is -0.493 e. The molecule has 1 N–H and O–H groups in total. The fraction of sp³-hybridized carbons (Fsp3) is 0.240. The summed E-state index contributed by atoms with van der Waals surface area (Å²) in [4.78, 5) is 21.7. The molecule has 0 radical (unpaired) electrons. The average Bonchev–Trinajstić information content (AvgIpc) is 3.26. The minimum absolute atomic E-state index is 0.290. The topological polar surface area (TPSA) is 87.5 Å². The van der Waals surface area contributed by atoms with E-state index in [4.69, 9.17) is 19.2 Å². The summed E-state index contributed by atoms with van der Waals surface area (Å²) in [5, 5.41) is 3.30. The summed E-state index contributed by atoms with van der Waals surface area (Å²) in [6.07, 6.45) is 2.48. The number of esters is 1. The lowest BCUT2D eigenvalue weighted by molar-refractivity contribution is 0.0527. The maximum atomic E-state index is 12.5. The summed E-state index contributed by atoms with van der Waals surface area (Å²) < 4.78 is 17.9. The van der Waals surface area contributed by atoms with Gasteiger partial charge in [-0.25, -0.2) is 14.8 Å². The van der Waals surface area contributed by atoms with Crippen LogP contribution in [0.25, 0.3) is 16.9 Å². The third-order valence-electron chi connectivity index (χ3n) is 5.22. The van der Waals surface area contributed by atoms with Crippen molar-refractivity contribution in [3.8, 4) is 17.3 Å². The molecule has 4 rings (SSSR count). The smallest absolute Gasteiger partial charge is 0.341 e. The van der Waals surface area contributed by atoms with Gasteiger partial charge < -0.3 is 19.5 Å². The van der Waals surface area contributed by atoms with Crippen LogP contribution in [-0.4, -0.2) is 47.9 Å². The molecule has 0 unspecified atom stereocenters. The lowest BCUT2D eigenvalue weighted by atomic mass is 10.1. The third-order valence-corrected chi connectivity index (χ3v) is 5.22. The summed E-state index contributed by atoms with van der Waals surface area (Å²) in [5.41, 5.74) is 3.12. The molecule has 0 atom stereocenters. The highest BCUT2D eigenvalue weighted by Gasteiger charge is 2.17. The molecule has 0 aliphatic rings. The van der Waals surface area contributed by atoms with Gasteiger partial charge in [0.15, 0.2) is 11.5 Å². The van der Waals surface area contributed by atoms with Gasteiger partial charge in [0.2, 0.25) is 0 Å². The van der Waals surface area contributed by atoms with Gasteiger partial charge in [-0.05, 0) is 31.0 Å². The fourth-order valence-electron chi connectivity index (χ4n) is 3.58. The minimum atomic E-state index is -0.416. The van der Waals surface area contributed by atoms with Gasteiger partial charge in [-0.1, -0.05) is 30.3 Å². The van der Waals surface area contributed by atoms with Crippen molar-refractivity contribution in [3.63, 3.8) is 0 Å². The molecule has 0 aliphatic heterocycles. The van der Waals surface area contributed by atoms with Crippen LogP contribution in [0, 0.1) is 0 Å². The third kappa shape index (κ3) is 4.74. The lowest BCUT2D eigenvalue weighted by Crippen LogP contribution is -2.14. The Kier molecular flexibility index (Phi) is 6.73. The van der Waals surface area contributed by atoms with E-state index in [2.05, 4.69) is 22.4 Å². The van der Waals surface area contributed by atoms with Gasteiger partial charge >= 0.3 is 5.97 Å². The molecule has 0 fully saturated rings. The van der Waals surface area contributed by atoms with Gasteiger partial charge in [-0.15, -0.1) is 0 Å². The summed E-state index contributed by atoms with van der Waals surface area (Å²) in [6, 6.07) is 17.3.